The van der Waals surface area contributed by atoms with Crippen molar-refractivity contribution in [2.45, 2.75) is 98.2 Å². The number of aliphatic hydroxyl groups is 7. The number of aldehydes is 1. The highest BCUT2D eigenvalue weighted by Gasteiger charge is 2.60. The number of nitrogens with one attached hydrogen (secondary N) is 5. The molecule has 3 fully saturated rings. The maximum absolute atomic E-state index is 12.1. The quantitative estimate of drug-likeness (QED) is 0.0631. The number of aliphatic hydroxyl groups excluding tert-OH is 6. The minimum absolute atomic E-state index is 0.136. The van der Waals surface area contributed by atoms with Crippen LogP contribution in [0, 0.1) is 10.8 Å². The zero-order valence-corrected chi connectivity index (χ0v) is 23.8. The van der Waals surface area contributed by atoms with Crippen molar-refractivity contribution >= 4 is 24.2 Å². The molecule has 0 unspecified atom stereocenters. The first-order valence-corrected chi connectivity index (χ1v) is 13.2. The number of hydrogen-bond acceptors (Lipinski definition) is 16. The summed E-state index contributed by atoms with van der Waals surface area (Å²) in [5.74, 6) is -1.29. The third-order valence-corrected chi connectivity index (χ3v) is 7.46. The van der Waals surface area contributed by atoms with Gasteiger partial charge in [0.25, 0.3) is 0 Å². The van der Waals surface area contributed by atoms with Gasteiger partial charge < -0.3 is 93.6 Å². The molecule has 3 aliphatic rings. The predicted octanol–water partition coefficient (Wildman–Crippen LogP) is -8.72. The highest BCUT2D eigenvalue weighted by atomic mass is 16.8. The fourth-order valence-electron chi connectivity index (χ4n) is 5.18. The second kappa shape index (κ2) is 15.3. The van der Waals surface area contributed by atoms with E-state index < -0.39 is 116 Å². The second-order valence-corrected chi connectivity index (χ2v) is 10.4. The van der Waals surface area contributed by atoms with E-state index in [2.05, 4.69) is 27.4 Å². The molecule has 20 N–H and O–H groups in total. The van der Waals surface area contributed by atoms with Gasteiger partial charge in [0.05, 0.1) is 36.9 Å². The number of hydrogen-bond donors (Lipinski definition) is 16. The molecule has 2 aliphatic heterocycles. The van der Waals surface area contributed by atoms with Crippen molar-refractivity contribution in [1.82, 2.24) is 16.0 Å². The van der Waals surface area contributed by atoms with Gasteiger partial charge in [-0.1, -0.05) is 0 Å². The number of likely N-dealkylation sites (N-methyl/N-ethyl adjacent to an activating group) is 1. The van der Waals surface area contributed by atoms with Crippen LogP contribution in [0.2, 0.25) is 0 Å². The van der Waals surface area contributed by atoms with Crippen molar-refractivity contribution in [3.05, 3.63) is 0 Å². The molecule has 2 amide bonds. The first-order valence-electron chi connectivity index (χ1n) is 13.2. The van der Waals surface area contributed by atoms with E-state index in [1.54, 1.807) is 0 Å². The highest BCUT2D eigenvalue weighted by molar-refractivity contribution is 5.76. The number of carbonyl (C=O) groups excluding carboxylic acids is 2. The lowest BCUT2D eigenvalue weighted by molar-refractivity contribution is -0.314. The molecule has 0 aromatic carbocycles. The maximum atomic E-state index is 12.1. The zero-order chi connectivity index (χ0) is 33.7. The van der Waals surface area contributed by atoms with Crippen LogP contribution in [0.3, 0.4) is 0 Å². The molecule has 254 valence electrons. The molecule has 3 rings (SSSR count). The number of guanidine groups is 2. The molecule has 1 aliphatic carbocycles. The average molecular weight is 642 g/mol. The van der Waals surface area contributed by atoms with Gasteiger partial charge in [0, 0.05) is 0 Å². The molecule has 2 saturated heterocycles. The Morgan fingerprint density at radius 1 is 0.864 bits per heavy atom. The summed E-state index contributed by atoms with van der Waals surface area (Å²) in [6, 6.07) is -4.79. The summed E-state index contributed by atoms with van der Waals surface area (Å²) < 4.78 is 22.9. The van der Waals surface area contributed by atoms with E-state index >= 15 is 0 Å². The van der Waals surface area contributed by atoms with Gasteiger partial charge in [-0.2, -0.15) is 0 Å². The molecule has 22 heteroatoms. The Kier molecular flexibility index (Phi) is 13.0. The molecule has 15 atom stereocenters. The van der Waals surface area contributed by atoms with Crippen LogP contribution in [0.4, 0.5) is 4.79 Å². The van der Waals surface area contributed by atoms with E-state index in [9.17, 15) is 40.5 Å². The summed E-state index contributed by atoms with van der Waals surface area (Å²) >= 11 is 0. The number of carbonyl (C=O) groups is 2. The van der Waals surface area contributed by atoms with Crippen molar-refractivity contribution in [2.75, 3.05) is 13.7 Å². The lowest BCUT2D eigenvalue weighted by Gasteiger charge is -2.47. The third kappa shape index (κ3) is 7.98. The van der Waals surface area contributed by atoms with Crippen molar-refractivity contribution in [3.8, 4) is 0 Å². The van der Waals surface area contributed by atoms with Gasteiger partial charge in [-0.25, -0.2) is 4.79 Å². The molecule has 0 spiro atoms. The topological polar surface area (TPSA) is 401 Å². The molecule has 0 aromatic heterocycles. The van der Waals surface area contributed by atoms with Crippen LogP contribution in [0.25, 0.3) is 0 Å². The predicted molar refractivity (Wildman–Crippen MR) is 145 cm³/mol. The van der Waals surface area contributed by atoms with Crippen LogP contribution in [0.5, 0.6) is 0 Å². The molecule has 0 radical (unpaired) electrons. The lowest BCUT2D eigenvalue weighted by Crippen LogP contribution is -2.73. The maximum Gasteiger partial charge on any atom is 0.309 e. The largest absolute Gasteiger partial charge is 0.394 e. The molecule has 1 saturated carbocycles. The van der Waals surface area contributed by atoms with Gasteiger partial charge >= 0.3 is 6.03 Å². The van der Waals surface area contributed by atoms with Crippen LogP contribution in [-0.2, 0) is 23.7 Å². The average Bonchev–Trinajstić information content (AvgIpc) is 3.17. The van der Waals surface area contributed by atoms with E-state index in [4.69, 9.17) is 46.0 Å². The SMILES string of the molecule is CN[C@@H]1[C@H](O[C@H]2[C@H](O[C@H]3[C@H](O)[C@@H](O)[C@H](NC(=N)N)[C@@H](O)[C@@H]3NC(=N)N)O[C@@H](C)[C@]2(O)C=O)O[C@@H](CO)[C@H](O)[C@H]1O.NC(N)=O. The van der Waals surface area contributed by atoms with Crippen molar-refractivity contribution in [3.63, 3.8) is 0 Å². The minimum Gasteiger partial charge on any atom is -0.394 e. The fourth-order valence-corrected chi connectivity index (χ4v) is 5.18. The van der Waals surface area contributed by atoms with Crippen LogP contribution >= 0.6 is 0 Å². The first kappa shape index (κ1) is 37.2. The summed E-state index contributed by atoms with van der Waals surface area (Å²) in [6.07, 6.45) is -17.3. The Labute approximate surface area is 250 Å². The Bertz CT molecular complexity index is 1010. The van der Waals surface area contributed by atoms with Crippen LogP contribution in [-0.4, -0.2) is 165 Å². The normalized spacial score (nSPS) is 43.7. The van der Waals surface area contributed by atoms with Gasteiger partial charge in [0.2, 0.25) is 0 Å². The third-order valence-electron chi connectivity index (χ3n) is 7.46. The van der Waals surface area contributed by atoms with Crippen LogP contribution in [0.1, 0.15) is 6.92 Å². The van der Waals surface area contributed by atoms with Crippen LogP contribution in [0.15, 0.2) is 0 Å². The van der Waals surface area contributed by atoms with Gasteiger partial charge in [0.1, 0.15) is 42.7 Å². The van der Waals surface area contributed by atoms with Crippen LogP contribution < -0.4 is 38.9 Å². The molecular formula is C22H43N9O13. The Hall–Kier alpha value is -3.00. The summed E-state index contributed by atoms with van der Waals surface area (Å²) in [7, 11) is 1.41. The van der Waals surface area contributed by atoms with E-state index in [0.29, 0.717) is 0 Å². The highest BCUT2D eigenvalue weighted by Crippen LogP contribution is 2.37. The molecular weight excluding hydrogens is 598 g/mol. The molecule has 22 nitrogen and oxygen atoms in total. The second-order valence-electron chi connectivity index (χ2n) is 10.4. The summed E-state index contributed by atoms with van der Waals surface area (Å²) in [5.41, 5.74) is 16.9. The summed E-state index contributed by atoms with van der Waals surface area (Å²) in [4.78, 5) is 21.1. The Morgan fingerprint density at radius 3 is 1.86 bits per heavy atom. The minimum atomic E-state index is -2.39. The zero-order valence-electron chi connectivity index (χ0n) is 23.8. The summed E-state index contributed by atoms with van der Waals surface area (Å²) in [5, 5.41) is 96.4. The monoisotopic (exact) mass is 641 g/mol. The van der Waals surface area contributed by atoms with Crippen molar-refractivity contribution in [2.24, 2.45) is 22.9 Å². The smallest absolute Gasteiger partial charge is 0.309 e. The van der Waals surface area contributed by atoms with E-state index in [0.717, 1.165) is 0 Å². The molecule has 0 bridgehead atoms. The van der Waals surface area contributed by atoms with Crippen molar-refractivity contribution in [1.29, 1.82) is 10.8 Å². The van der Waals surface area contributed by atoms with Crippen molar-refractivity contribution < 1.29 is 64.3 Å². The molecule has 0 aromatic rings. The number of primary amides is 2. The number of rotatable bonds is 9. The van der Waals surface area contributed by atoms with E-state index in [1.165, 1.54) is 14.0 Å². The number of amides is 2. The standard InChI is InChI=1S/C21H39N7O12.CH4N2O/c1-5-21(36,4-30)16(40-17-9(26-2)13(34)10(31)6(3-29)38-17)18(37-5)39-15-8(28-20(24)25)11(32)7(27-19(22)23)12(33)14(15)35;2-1(3)4/h4-18,26,29,31-36H,3H2,1-2H3,(H4,22,23,27)(H4,24,25,28);(H4,2,3,4)/t5-,6-,7+,8-,9-,10-,11+,12-,13-,14+,15+,16-,17-,18-,21+;/m0./s1. The summed E-state index contributed by atoms with van der Waals surface area (Å²) in [6.45, 7) is 0.613. The van der Waals surface area contributed by atoms with E-state index in [1.807, 2.05) is 0 Å². The lowest BCUT2D eigenvalue weighted by atomic mass is 9.81. The number of urea groups is 1. The van der Waals surface area contributed by atoms with E-state index in [-0.39, 0.29) is 6.29 Å². The van der Waals surface area contributed by atoms with Gasteiger partial charge in [-0.15, -0.1) is 0 Å². The Balaban J connectivity index is 0.00000159. The Morgan fingerprint density at radius 2 is 1.39 bits per heavy atom. The first-order chi connectivity index (χ1) is 20.4. The number of nitrogens with two attached hydrogens (primary N) is 4. The fraction of sp³-hybridized carbons (Fsp3) is 0.818. The van der Waals surface area contributed by atoms with Gasteiger partial charge in [0.15, 0.2) is 36.4 Å². The van der Waals surface area contributed by atoms with Gasteiger partial charge in [-0.3, -0.25) is 15.6 Å². The molecule has 44 heavy (non-hydrogen) atoms. The van der Waals surface area contributed by atoms with Gasteiger partial charge in [-0.05, 0) is 14.0 Å². The number of ether oxygens (including phenoxy) is 4. The molecule has 2 heterocycles.